The first kappa shape index (κ1) is 22.1. The highest BCUT2D eigenvalue weighted by molar-refractivity contribution is 7.89. The van der Waals surface area contributed by atoms with Crippen molar-refractivity contribution in [2.24, 2.45) is 0 Å². The summed E-state index contributed by atoms with van der Waals surface area (Å²) in [5.74, 6) is -1.29. The summed E-state index contributed by atoms with van der Waals surface area (Å²) in [4.78, 5) is 23.0. The lowest BCUT2D eigenvalue weighted by Gasteiger charge is -2.19. The summed E-state index contributed by atoms with van der Waals surface area (Å²) in [5, 5.41) is 13.5. The SMILES string of the molecule is O=C(Nc1cccc([N+](=O)[O-])c1)[C@H](Cc1ccccc1)NS(=O)(=O)c1ccc(F)cc1. The summed E-state index contributed by atoms with van der Waals surface area (Å²) in [5.41, 5.74) is 0.631. The van der Waals surface area contributed by atoms with Gasteiger partial charge in [-0.05, 0) is 42.3 Å². The van der Waals surface area contributed by atoms with Gasteiger partial charge in [0.25, 0.3) is 5.69 Å². The largest absolute Gasteiger partial charge is 0.324 e. The molecule has 0 heterocycles. The second kappa shape index (κ2) is 9.45. The number of halogens is 1. The number of sulfonamides is 1. The summed E-state index contributed by atoms with van der Waals surface area (Å²) in [7, 11) is -4.14. The Kier molecular flexibility index (Phi) is 6.73. The molecule has 1 atom stereocenters. The zero-order valence-corrected chi connectivity index (χ0v) is 16.9. The zero-order chi connectivity index (χ0) is 22.4. The molecule has 0 saturated heterocycles. The predicted molar refractivity (Wildman–Crippen MR) is 112 cm³/mol. The summed E-state index contributed by atoms with van der Waals surface area (Å²) < 4.78 is 41.0. The minimum absolute atomic E-state index is 0.0298. The maximum Gasteiger partial charge on any atom is 0.271 e. The average Bonchev–Trinajstić information content (AvgIpc) is 2.74. The highest BCUT2D eigenvalue weighted by Crippen LogP contribution is 2.18. The van der Waals surface area contributed by atoms with Gasteiger partial charge in [0.05, 0.1) is 9.82 Å². The first-order chi connectivity index (χ1) is 14.7. The number of nitro benzene ring substituents is 1. The lowest BCUT2D eigenvalue weighted by atomic mass is 10.1. The van der Waals surface area contributed by atoms with Crippen LogP contribution in [0.1, 0.15) is 5.56 Å². The van der Waals surface area contributed by atoms with Crippen LogP contribution in [0.5, 0.6) is 0 Å². The fourth-order valence-corrected chi connectivity index (χ4v) is 4.03. The van der Waals surface area contributed by atoms with Crippen molar-refractivity contribution < 1.29 is 22.5 Å². The van der Waals surface area contributed by atoms with Crippen LogP contribution < -0.4 is 10.0 Å². The molecule has 3 rings (SSSR count). The van der Waals surface area contributed by atoms with Gasteiger partial charge in [-0.3, -0.25) is 14.9 Å². The molecule has 10 heteroatoms. The zero-order valence-electron chi connectivity index (χ0n) is 16.1. The van der Waals surface area contributed by atoms with Gasteiger partial charge in [-0.15, -0.1) is 0 Å². The molecule has 0 aliphatic heterocycles. The van der Waals surface area contributed by atoms with Gasteiger partial charge in [-0.25, -0.2) is 12.8 Å². The highest BCUT2D eigenvalue weighted by atomic mass is 32.2. The summed E-state index contributed by atoms with van der Waals surface area (Å²) in [6.07, 6.45) is 0.0298. The van der Waals surface area contributed by atoms with Gasteiger partial charge in [0, 0.05) is 17.8 Å². The Hall–Kier alpha value is -3.63. The van der Waals surface area contributed by atoms with Crippen LogP contribution in [-0.4, -0.2) is 25.3 Å². The second-order valence-corrected chi connectivity index (χ2v) is 8.33. The standard InChI is InChI=1S/C21H18FN3O5S/c22-16-9-11-19(12-10-16)31(29,30)24-20(13-15-5-2-1-3-6-15)21(26)23-17-7-4-8-18(14-17)25(27)28/h1-12,14,20,24H,13H2,(H,23,26)/t20-/m0/s1. The second-order valence-electron chi connectivity index (χ2n) is 6.61. The number of hydrogen-bond acceptors (Lipinski definition) is 5. The van der Waals surface area contributed by atoms with E-state index in [2.05, 4.69) is 10.0 Å². The minimum atomic E-state index is -4.14. The van der Waals surface area contributed by atoms with Crippen molar-refractivity contribution in [3.05, 3.63) is 100 Å². The smallest absolute Gasteiger partial charge is 0.271 e. The van der Waals surface area contributed by atoms with Crippen LogP contribution in [0.15, 0.2) is 83.8 Å². The molecule has 0 aromatic heterocycles. The van der Waals surface area contributed by atoms with Gasteiger partial charge in [-0.1, -0.05) is 36.4 Å². The fraction of sp³-hybridized carbons (Fsp3) is 0.0952. The summed E-state index contributed by atoms with van der Waals surface area (Å²) >= 11 is 0. The number of carbonyl (C=O) groups excluding carboxylic acids is 1. The molecule has 160 valence electrons. The van der Waals surface area contributed by atoms with E-state index in [0.717, 1.165) is 24.3 Å². The fourth-order valence-electron chi connectivity index (χ4n) is 2.83. The van der Waals surface area contributed by atoms with E-state index >= 15 is 0 Å². The third-order valence-corrected chi connectivity index (χ3v) is 5.83. The number of anilines is 1. The predicted octanol–water partition coefficient (Wildman–Crippen LogP) is 3.26. The normalized spacial score (nSPS) is 12.2. The molecule has 3 aromatic rings. The minimum Gasteiger partial charge on any atom is -0.324 e. The molecule has 0 saturated carbocycles. The first-order valence-corrected chi connectivity index (χ1v) is 10.6. The molecule has 0 fully saturated rings. The molecule has 0 aliphatic carbocycles. The third kappa shape index (κ3) is 5.93. The molecule has 2 N–H and O–H groups in total. The number of nitrogens with zero attached hydrogens (tertiary/aromatic N) is 1. The molecule has 0 bridgehead atoms. The molecule has 3 aromatic carbocycles. The quantitative estimate of drug-likeness (QED) is 0.409. The van der Waals surface area contributed by atoms with Crippen molar-refractivity contribution in [3.63, 3.8) is 0 Å². The van der Waals surface area contributed by atoms with Crippen LogP contribution >= 0.6 is 0 Å². The van der Waals surface area contributed by atoms with Crippen molar-refractivity contribution >= 4 is 27.3 Å². The van der Waals surface area contributed by atoms with E-state index in [0.29, 0.717) is 5.56 Å². The Balaban J connectivity index is 1.86. The Morgan fingerprint density at radius 3 is 2.32 bits per heavy atom. The van der Waals surface area contributed by atoms with Gasteiger partial charge in [0.1, 0.15) is 11.9 Å². The van der Waals surface area contributed by atoms with Crippen molar-refractivity contribution in [3.8, 4) is 0 Å². The Morgan fingerprint density at radius 2 is 1.68 bits per heavy atom. The maximum atomic E-state index is 13.2. The number of nitro groups is 1. The van der Waals surface area contributed by atoms with Crippen molar-refractivity contribution in [1.82, 2.24) is 4.72 Å². The van der Waals surface area contributed by atoms with Crippen LogP contribution in [0.2, 0.25) is 0 Å². The molecule has 1 amide bonds. The average molecular weight is 443 g/mol. The molecule has 0 unspecified atom stereocenters. The van der Waals surface area contributed by atoms with E-state index in [1.807, 2.05) is 0 Å². The number of non-ortho nitro benzene ring substituents is 1. The van der Waals surface area contributed by atoms with E-state index in [1.54, 1.807) is 30.3 Å². The Labute approximate surface area is 177 Å². The van der Waals surface area contributed by atoms with Crippen LogP contribution in [-0.2, 0) is 21.2 Å². The molecule has 8 nitrogen and oxygen atoms in total. The van der Waals surface area contributed by atoms with Crippen LogP contribution in [0.3, 0.4) is 0 Å². The molecule has 0 spiro atoms. The van der Waals surface area contributed by atoms with Gasteiger partial charge in [-0.2, -0.15) is 4.72 Å². The number of benzene rings is 3. The van der Waals surface area contributed by atoms with Crippen molar-refractivity contribution in [1.29, 1.82) is 0 Å². The lowest BCUT2D eigenvalue weighted by Crippen LogP contribution is -2.45. The number of nitrogens with one attached hydrogen (secondary N) is 2. The van der Waals surface area contributed by atoms with Crippen LogP contribution in [0.4, 0.5) is 15.8 Å². The summed E-state index contributed by atoms with van der Waals surface area (Å²) in [6, 6.07) is 17.0. The molecule has 0 radical (unpaired) electrons. The van der Waals surface area contributed by atoms with E-state index in [4.69, 9.17) is 0 Å². The number of hydrogen-bond donors (Lipinski definition) is 2. The summed E-state index contributed by atoms with van der Waals surface area (Å²) in [6.45, 7) is 0. The Bertz CT molecular complexity index is 1190. The Morgan fingerprint density at radius 1 is 1.00 bits per heavy atom. The molecular formula is C21H18FN3O5S. The van der Waals surface area contributed by atoms with Crippen LogP contribution in [0.25, 0.3) is 0 Å². The number of amides is 1. The first-order valence-electron chi connectivity index (χ1n) is 9.12. The van der Waals surface area contributed by atoms with Crippen molar-refractivity contribution in [2.75, 3.05) is 5.32 Å². The number of rotatable bonds is 8. The van der Waals surface area contributed by atoms with Gasteiger partial charge < -0.3 is 5.32 Å². The number of carbonyl (C=O) groups is 1. The van der Waals surface area contributed by atoms with Crippen LogP contribution in [0, 0.1) is 15.9 Å². The topological polar surface area (TPSA) is 118 Å². The monoisotopic (exact) mass is 443 g/mol. The van der Waals surface area contributed by atoms with E-state index < -0.39 is 32.7 Å². The lowest BCUT2D eigenvalue weighted by molar-refractivity contribution is -0.384. The maximum absolute atomic E-state index is 13.2. The van der Waals surface area contributed by atoms with Gasteiger partial charge in [0.2, 0.25) is 15.9 Å². The van der Waals surface area contributed by atoms with E-state index in [1.165, 1.54) is 24.3 Å². The molecule has 0 aliphatic rings. The van der Waals surface area contributed by atoms with E-state index in [9.17, 15) is 27.7 Å². The highest BCUT2D eigenvalue weighted by Gasteiger charge is 2.26. The van der Waals surface area contributed by atoms with Gasteiger partial charge in [0.15, 0.2) is 0 Å². The molecule has 31 heavy (non-hydrogen) atoms. The van der Waals surface area contributed by atoms with Crippen molar-refractivity contribution in [2.45, 2.75) is 17.4 Å². The third-order valence-electron chi connectivity index (χ3n) is 4.34. The van der Waals surface area contributed by atoms with Gasteiger partial charge >= 0.3 is 0 Å². The van der Waals surface area contributed by atoms with E-state index in [-0.39, 0.29) is 22.7 Å². The molecular weight excluding hydrogens is 425 g/mol.